The highest BCUT2D eigenvalue weighted by atomic mass is 16.5. The molecule has 1 aromatic carbocycles. The smallest absolute Gasteiger partial charge is 0.161 e. The van der Waals surface area contributed by atoms with Crippen LogP contribution in [0.2, 0.25) is 0 Å². The summed E-state index contributed by atoms with van der Waals surface area (Å²) in [7, 11) is 3.26. The minimum Gasteiger partial charge on any atom is -0.493 e. The van der Waals surface area contributed by atoms with Gasteiger partial charge in [0.25, 0.3) is 0 Å². The third kappa shape index (κ3) is 2.89. The first-order chi connectivity index (χ1) is 9.28. The summed E-state index contributed by atoms with van der Waals surface area (Å²) in [5.41, 5.74) is 2.20. The Morgan fingerprint density at radius 1 is 1.32 bits per heavy atom. The molecule has 0 fully saturated rings. The molecule has 4 nitrogen and oxygen atoms in total. The van der Waals surface area contributed by atoms with Gasteiger partial charge in [-0.25, -0.2) is 0 Å². The van der Waals surface area contributed by atoms with E-state index >= 15 is 0 Å². The monoisotopic (exact) mass is 256 g/mol. The Balaban J connectivity index is 2.39. The second-order valence-electron chi connectivity index (χ2n) is 4.03. The van der Waals surface area contributed by atoms with Gasteiger partial charge in [-0.3, -0.25) is 4.99 Å². The number of amidine groups is 1. The Hall–Kier alpha value is -2.41. The van der Waals surface area contributed by atoms with Gasteiger partial charge in [-0.2, -0.15) is 0 Å². The van der Waals surface area contributed by atoms with Gasteiger partial charge < -0.3 is 14.8 Å². The first kappa shape index (κ1) is 13.0. The molecular weight excluding hydrogens is 240 g/mol. The summed E-state index contributed by atoms with van der Waals surface area (Å²) in [5.74, 6) is 4.78. The topological polar surface area (TPSA) is 42.9 Å². The van der Waals surface area contributed by atoms with E-state index in [2.05, 4.69) is 16.2 Å². The van der Waals surface area contributed by atoms with Crippen LogP contribution in [0.25, 0.3) is 6.08 Å². The van der Waals surface area contributed by atoms with Crippen LogP contribution in [-0.2, 0) is 6.42 Å². The second-order valence-corrected chi connectivity index (χ2v) is 4.03. The molecule has 0 bridgehead atoms. The largest absolute Gasteiger partial charge is 0.493 e. The molecule has 2 rings (SSSR count). The molecule has 0 saturated heterocycles. The third-order valence-corrected chi connectivity index (χ3v) is 2.88. The molecular formula is C15H16N2O2. The quantitative estimate of drug-likeness (QED) is 0.839. The maximum Gasteiger partial charge on any atom is 0.161 e. The van der Waals surface area contributed by atoms with Crippen LogP contribution in [0.15, 0.2) is 23.3 Å². The summed E-state index contributed by atoms with van der Waals surface area (Å²) in [4.78, 5) is 4.30. The number of nitrogens with one attached hydrogen (secondary N) is 1. The Morgan fingerprint density at radius 2 is 2.05 bits per heavy atom. The van der Waals surface area contributed by atoms with E-state index in [-0.39, 0.29) is 0 Å². The van der Waals surface area contributed by atoms with E-state index in [4.69, 9.17) is 15.9 Å². The Labute approximate surface area is 113 Å². The standard InChI is InChI=1S/C15H16N2O2/c1-4-6-16-15-10-12-9-14(19-3)13(18-2)8-11(12)5-7-17-15/h1,5,7-9H,6,10H2,2-3H3,(H,16,17). The van der Waals surface area contributed by atoms with Crippen molar-refractivity contribution in [2.24, 2.45) is 4.99 Å². The van der Waals surface area contributed by atoms with Crippen molar-refractivity contribution in [3.8, 4) is 23.8 Å². The number of hydrogen-bond donors (Lipinski definition) is 1. The lowest BCUT2D eigenvalue weighted by atomic mass is 10.0. The number of ether oxygens (including phenoxy) is 2. The summed E-state index contributed by atoms with van der Waals surface area (Å²) >= 11 is 0. The highest BCUT2D eigenvalue weighted by molar-refractivity contribution is 5.88. The molecule has 0 saturated carbocycles. The molecule has 0 aromatic heterocycles. The number of nitrogens with zero attached hydrogens (tertiary/aromatic N) is 1. The lowest BCUT2D eigenvalue weighted by Crippen LogP contribution is -2.19. The van der Waals surface area contributed by atoms with Crippen LogP contribution in [0.5, 0.6) is 11.5 Å². The highest BCUT2D eigenvalue weighted by Gasteiger charge is 2.13. The Bertz CT molecular complexity index is 568. The van der Waals surface area contributed by atoms with Crippen LogP contribution in [0, 0.1) is 12.3 Å². The van der Waals surface area contributed by atoms with E-state index in [0.29, 0.717) is 18.7 Å². The number of terminal acetylenes is 1. The molecule has 0 atom stereocenters. The van der Waals surface area contributed by atoms with E-state index in [9.17, 15) is 0 Å². The van der Waals surface area contributed by atoms with E-state index in [0.717, 1.165) is 22.7 Å². The average molecular weight is 256 g/mol. The van der Waals surface area contributed by atoms with Crippen LogP contribution in [0.3, 0.4) is 0 Å². The zero-order valence-electron chi connectivity index (χ0n) is 11.1. The van der Waals surface area contributed by atoms with Gasteiger partial charge in [0, 0.05) is 12.6 Å². The number of fused-ring (bicyclic) bond motifs is 1. The summed E-state index contributed by atoms with van der Waals surface area (Å²) < 4.78 is 10.6. The number of rotatable bonds is 3. The summed E-state index contributed by atoms with van der Waals surface area (Å²) in [6.07, 6.45) is 9.74. The zero-order valence-corrected chi connectivity index (χ0v) is 11.1. The van der Waals surface area contributed by atoms with Crippen molar-refractivity contribution in [1.29, 1.82) is 0 Å². The molecule has 1 N–H and O–H groups in total. The SMILES string of the molecule is C#CCN=C1Cc2cc(OC)c(OC)cc2C=CN1. The molecule has 19 heavy (non-hydrogen) atoms. The molecule has 0 amide bonds. The first-order valence-electron chi connectivity index (χ1n) is 5.93. The van der Waals surface area contributed by atoms with Gasteiger partial charge in [0.2, 0.25) is 0 Å². The van der Waals surface area contributed by atoms with Crippen LogP contribution in [-0.4, -0.2) is 26.6 Å². The predicted octanol–water partition coefficient (Wildman–Crippen LogP) is 1.85. The number of hydrogen-bond acceptors (Lipinski definition) is 3. The van der Waals surface area contributed by atoms with Gasteiger partial charge in [-0.15, -0.1) is 6.42 Å². The average Bonchev–Trinajstić information content (AvgIpc) is 2.64. The van der Waals surface area contributed by atoms with Gasteiger partial charge in [0.05, 0.1) is 14.2 Å². The molecule has 1 aliphatic heterocycles. The van der Waals surface area contributed by atoms with Crippen molar-refractivity contribution < 1.29 is 9.47 Å². The lowest BCUT2D eigenvalue weighted by molar-refractivity contribution is 0.354. The van der Waals surface area contributed by atoms with Crippen molar-refractivity contribution in [3.05, 3.63) is 29.5 Å². The molecule has 98 valence electrons. The minimum atomic E-state index is 0.374. The van der Waals surface area contributed by atoms with Crippen molar-refractivity contribution in [1.82, 2.24) is 5.32 Å². The molecule has 0 radical (unpaired) electrons. The molecule has 1 aliphatic rings. The fraction of sp³-hybridized carbons (Fsp3) is 0.267. The minimum absolute atomic E-state index is 0.374. The van der Waals surface area contributed by atoms with Crippen molar-refractivity contribution in [3.63, 3.8) is 0 Å². The van der Waals surface area contributed by atoms with Crippen LogP contribution < -0.4 is 14.8 Å². The Kier molecular flexibility index (Phi) is 4.09. The number of aliphatic imine (C=N–C) groups is 1. The van der Waals surface area contributed by atoms with Gasteiger partial charge >= 0.3 is 0 Å². The fourth-order valence-electron chi connectivity index (χ4n) is 1.95. The van der Waals surface area contributed by atoms with Crippen molar-refractivity contribution in [2.75, 3.05) is 20.8 Å². The molecule has 4 heteroatoms. The molecule has 0 spiro atoms. The Morgan fingerprint density at radius 3 is 2.74 bits per heavy atom. The summed E-state index contributed by atoms with van der Waals surface area (Å²) in [6.45, 7) is 0.374. The van der Waals surface area contributed by atoms with Crippen LogP contribution in [0.4, 0.5) is 0 Å². The van der Waals surface area contributed by atoms with Gasteiger partial charge in [0.1, 0.15) is 12.4 Å². The number of benzene rings is 1. The second kappa shape index (κ2) is 5.96. The van der Waals surface area contributed by atoms with E-state index in [1.165, 1.54) is 0 Å². The molecule has 1 heterocycles. The van der Waals surface area contributed by atoms with Gasteiger partial charge in [0.15, 0.2) is 11.5 Å². The van der Waals surface area contributed by atoms with Crippen LogP contribution in [0.1, 0.15) is 11.1 Å². The maximum atomic E-state index is 5.32. The zero-order chi connectivity index (χ0) is 13.7. The lowest BCUT2D eigenvalue weighted by Gasteiger charge is -2.12. The maximum absolute atomic E-state index is 5.32. The van der Waals surface area contributed by atoms with Crippen LogP contribution >= 0.6 is 0 Å². The fourth-order valence-corrected chi connectivity index (χ4v) is 1.95. The normalized spacial score (nSPS) is 15.1. The number of methoxy groups -OCH3 is 2. The third-order valence-electron chi connectivity index (χ3n) is 2.88. The molecule has 0 unspecified atom stereocenters. The van der Waals surface area contributed by atoms with Gasteiger partial charge in [-0.1, -0.05) is 5.92 Å². The van der Waals surface area contributed by atoms with E-state index in [1.54, 1.807) is 14.2 Å². The van der Waals surface area contributed by atoms with Gasteiger partial charge in [-0.05, 0) is 29.3 Å². The highest BCUT2D eigenvalue weighted by Crippen LogP contribution is 2.32. The van der Waals surface area contributed by atoms with E-state index < -0.39 is 0 Å². The predicted molar refractivity (Wildman–Crippen MR) is 76.6 cm³/mol. The summed E-state index contributed by atoms with van der Waals surface area (Å²) in [6, 6.07) is 3.92. The molecule has 0 aliphatic carbocycles. The molecule has 1 aromatic rings. The summed E-state index contributed by atoms with van der Waals surface area (Å²) in [5, 5.41) is 3.13. The van der Waals surface area contributed by atoms with Crippen molar-refractivity contribution >= 4 is 11.9 Å². The first-order valence-corrected chi connectivity index (χ1v) is 5.93. The van der Waals surface area contributed by atoms with E-state index in [1.807, 2.05) is 24.4 Å². The van der Waals surface area contributed by atoms with Crippen molar-refractivity contribution in [2.45, 2.75) is 6.42 Å².